The highest BCUT2D eigenvalue weighted by molar-refractivity contribution is 6.14. The highest BCUT2D eigenvalue weighted by atomic mass is 16.5. The number of Topliss-reactive ketones (excluding diaryl/α,β-unsaturated/α-hetero) is 1. The van der Waals surface area contributed by atoms with Gasteiger partial charge < -0.3 is 19.2 Å². The van der Waals surface area contributed by atoms with Crippen LogP contribution in [-0.4, -0.2) is 40.4 Å². The molecule has 6 heteroatoms. The molecule has 148 valence electrons. The molecule has 1 N–H and O–H groups in total. The minimum absolute atomic E-state index is 0.0496. The van der Waals surface area contributed by atoms with Gasteiger partial charge in [-0.2, -0.15) is 0 Å². The number of aliphatic hydroxyl groups is 1. The van der Waals surface area contributed by atoms with Gasteiger partial charge in [-0.05, 0) is 45.9 Å². The van der Waals surface area contributed by atoms with Crippen molar-refractivity contribution < 1.29 is 23.8 Å². The third-order valence-electron chi connectivity index (χ3n) is 4.56. The molecule has 0 spiro atoms. The van der Waals surface area contributed by atoms with E-state index in [1.807, 2.05) is 52.0 Å². The number of rotatable bonds is 7. The topological polar surface area (TPSA) is 80.0 Å². The van der Waals surface area contributed by atoms with Crippen molar-refractivity contribution in [2.45, 2.75) is 46.3 Å². The standard InChI is InChI=1S/C22H25NO5/c1-13(2)23-12-17(21(25)22(23)26)20(24)19-10-9-16(28-19)11-15-7-5-6-8-18(15)27-14(3)4/h5-10,13-14,25H,11-12H2,1-4H3. The van der Waals surface area contributed by atoms with Crippen molar-refractivity contribution in [3.05, 3.63) is 64.8 Å². The molecule has 28 heavy (non-hydrogen) atoms. The van der Waals surface area contributed by atoms with Crippen LogP contribution in [0.5, 0.6) is 5.75 Å². The molecule has 1 aliphatic heterocycles. The van der Waals surface area contributed by atoms with Gasteiger partial charge in [0.2, 0.25) is 5.78 Å². The van der Waals surface area contributed by atoms with E-state index in [9.17, 15) is 14.7 Å². The van der Waals surface area contributed by atoms with Gasteiger partial charge in [0, 0.05) is 18.0 Å². The Hall–Kier alpha value is -3.02. The number of hydrogen-bond donors (Lipinski definition) is 1. The second-order valence-corrected chi connectivity index (χ2v) is 7.40. The molecule has 0 radical (unpaired) electrons. The van der Waals surface area contributed by atoms with Crippen molar-refractivity contribution in [1.29, 1.82) is 0 Å². The van der Waals surface area contributed by atoms with Gasteiger partial charge in [0.05, 0.1) is 18.2 Å². The Morgan fingerprint density at radius 3 is 2.54 bits per heavy atom. The zero-order chi connectivity index (χ0) is 20.4. The molecule has 0 saturated carbocycles. The SMILES string of the molecule is CC(C)Oc1ccccc1Cc1ccc(C(=O)C2=C(O)C(=O)N(C(C)C)C2)o1. The van der Waals surface area contributed by atoms with Crippen molar-refractivity contribution in [1.82, 2.24) is 4.90 Å². The molecular weight excluding hydrogens is 358 g/mol. The molecule has 2 aromatic rings. The molecule has 0 saturated heterocycles. The van der Waals surface area contributed by atoms with E-state index >= 15 is 0 Å². The van der Waals surface area contributed by atoms with Gasteiger partial charge in [-0.1, -0.05) is 18.2 Å². The van der Waals surface area contributed by atoms with Crippen molar-refractivity contribution in [2.75, 3.05) is 6.54 Å². The Bertz CT molecular complexity index is 923. The van der Waals surface area contributed by atoms with Gasteiger partial charge in [-0.25, -0.2) is 0 Å². The zero-order valence-corrected chi connectivity index (χ0v) is 16.6. The van der Waals surface area contributed by atoms with E-state index in [1.54, 1.807) is 12.1 Å². The number of carbonyl (C=O) groups is 2. The fourth-order valence-electron chi connectivity index (χ4n) is 3.13. The van der Waals surface area contributed by atoms with Crippen molar-refractivity contribution in [2.24, 2.45) is 0 Å². The number of benzene rings is 1. The van der Waals surface area contributed by atoms with Gasteiger partial charge in [0.25, 0.3) is 5.91 Å². The molecule has 0 atom stereocenters. The van der Waals surface area contributed by atoms with Crippen molar-refractivity contribution in [3.63, 3.8) is 0 Å². The maximum absolute atomic E-state index is 12.7. The lowest BCUT2D eigenvalue weighted by Crippen LogP contribution is -2.34. The molecule has 1 amide bonds. The third kappa shape index (κ3) is 3.96. The molecule has 0 bridgehead atoms. The minimum Gasteiger partial charge on any atom is -0.503 e. The van der Waals surface area contributed by atoms with Crippen LogP contribution >= 0.6 is 0 Å². The molecule has 2 heterocycles. The highest BCUT2D eigenvalue weighted by Crippen LogP contribution is 2.26. The van der Waals surface area contributed by atoms with E-state index in [0.717, 1.165) is 11.3 Å². The monoisotopic (exact) mass is 383 g/mol. The lowest BCUT2D eigenvalue weighted by atomic mass is 10.1. The summed E-state index contributed by atoms with van der Waals surface area (Å²) in [6.07, 6.45) is 0.520. The maximum Gasteiger partial charge on any atom is 0.289 e. The average molecular weight is 383 g/mol. The van der Waals surface area contributed by atoms with Crippen LogP contribution in [0.3, 0.4) is 0 Å². The highest BCUT2D eigenvalue weighted by Gasteiger charge is 2.36. The van der Waals surface area contributed by atoms with Crippen LogP contribution in [0.25, 0.3) is 0 Å². The maximum atomic E-state index is 12.7. The smallest absolute Gasteiger partial charge is 0.289 e. The first-order chi connectivity index (χ1) is 13.3. The van der Waals surface area contributed by atoms with E-state index in [1.165, 1.54) is 4.90 Å². The summed E-state index contributed by atoms with van der Waals surface area (Å²) in [5, 5.41) is 10.1. The minimum atomic E-state index is -0.523. The summed E-state index contributed by atoms with van der Waals surface area (Å²) in [7, 11) is 0. The van der Waals surface area contributed by atoms with Gasteiger partial charge in [-0.15, -0.1) is 0 Å². The van der Waals surface area contributed by atoms with Crippen molar-refractivity contribution in [3.8, 4) is 5.75 Å². The molecule has 1 aliphatic rings. The molecule has 6 nitrogen and oxygen atoms in total. The Labute approximate surface area is 164 Å². The Kier molecular flexibility index (Phi) is 5.58. The quantitative estimate of drug-likeness (QED) is 0.734. The van der Waals surface area contributed by atoms with E-state index in [2.05, 4.69) is 0 Å². The molecule has 0 unspecified atom stereocenters. The third-order valence-corrected chi connectivity index (χ3v) is 4.56. The summed E-state index contributed by atoms with van der Waals surface area (Å²) in [4.78, 5) is 26.3. The van der Waals surface area contributed by atoms with Crippen LogP contribution in [0.2, 0.25) is 0 Å². The van der Waals surface area contributed by atoms with Crippen LogP contribution < -0.4 is 4.74 Å². The first kappa shape index (κ1) is 19.7. The predicted octanol–water partition coefficient (Wildman–Crippen LogP) is 3.90. The average Bonchev–Trinajstić information content (AvgIpc) is 3.21. The summed E-state index contributed by atoms with van der Waals surface area (Å²) in [5.41, 5.74) is 1.02. The van der Waals surface area contributed by atoms with Crippen LogP contribution in [0.4, 0.5) is 0 Å². The summed E-state index contributed by atoms with van der Waals surface area (Å²) in [6, 6.07) is 10.9. The Morgan fingerprint density at radius 2 is 1.89 bits per heavy atom. The summed E-state index contributed by atoms with van der Waals surface area (Å²) < 4.78 is 11.5. The number of furan rings is 1. The summed E-state index contributed by atoms with van der Waals surface area (Å²) in [5.74, 6) is 0.00535. The molecule has 0 fully saturated rings. The van der Waals surface area contributed by atoms with Crippen LogP contribution in [-0.2, 0) is 11.2 Å². The predicted molar refractivity (Wildman–Crippen MR) is 105 cm³/mol. The summed E-state index contributed by atoms with van der Waals surface area (Å²) in [6.45, 7) is 7.68. The lowest BCUT2D eigenvalue weighted by molar-refractivity contribution is -0.129. The summed E-state index contributed by atoms with van der Waals surface area (Å²) >= 11 is 0. The second kappa shape index (κ2) is 7.92. The number of ether oxygens (including phenoxy) is 1. The fraction of sp³-hybridized carbons (Fsp3) is 0.364. The van der Waals surface area contributed by atoms with Gasteiger partial charge in [-0.3, -0.25) is 9.59 Å². The zero-order valence-electron chi connectivity index (χ0n) is 16.6. The van der Waals surface area contributed by atoms with E-state index in [4.69, 9.17) is 9.15 Å². The second-order valence-electron chi connectivity index (χ2n) is 7.40. The Balaban J connectivity index is 1.78. The van der Waals surface area contributed by atoms with Crippen LogP contribution in [0, 0.1) is 0 Å². The van der Waals surface area contributed by atoms with Gasteiger partial charge in [0.1, 0.15) is 11.5 Å². The van der Waals surface area contributed by atoms with E-state index in [0.29, 0.717) is 12.2 Å². The number of para-hydroxylation sites is 1. The molecule has 3 rings (SSSR count). The first-order valence-electron chi connectivity index (χ1n) is 9.39. The number of ketones is 1. The molecule has 1 aromatic heterocycles. The first-order valence-corrected chi connectivity index (χ1v) is 9.39. The van der Waals surface area contributed by atoms with Crippen molar-refractivity contribution >= 4 is 11.7 Å². The molecular formula is C22H25NO5. The molecule has 1 aromatic carbocycles. The number of amides is 1. The number of carbonyl (C=O) groups excluding carboxylic acids is 2. The number of hydrogen-bond acceptors (Lipinski definition) is 5. The Morgan fingerprint density at radius 1 is 1.18 bits per heavy atom. The van der Waals surface area contributed by atoms with Gasteiger partial charge in [0.15, 0.2) is 11.5 Å². The normalized spacial score (nSPS) is 14.5. The van der Waals surface area contributed by atoms with Crippen LogP contribution in [0.1, 0.15) is 49.6 Å². The van der Waals surface area contributed by atoms with Gasteiger partial charge >= 0.3 is 0 Å². The van der Waals surface area contributed by atoms with E-state index in [-0.39, 0.29) is 30.0 Å². The number of aliphatic hydroxyl groups excluding tert-OH is 1. The fourth-order valence-corrected chi connectivity index (χ4v) is 3.13. The lowest BCUT2D eigenvalue weighted by Gasteiger charge is -2.20. The number of nitrogens with zero attached hydrogens (tertiary/aromatic N) is 1. The van der Waals surface area contributed by atoms with E-state index < -0.39 is 17.4 Å². The molecule has 0 aliphatic carbocycles. The largest absolute Gasteiger partial charge is 0.503 e. The van der Waals surface area contributed by atoms with Crippen LogP contribution in [0.15, 0.2) is 52.1 Å².